The maximum absolute atomic E-state index is 12.4. The van der Waals surface area contributed by atoms with Crippen LogP contribution >= 0.6 is 0 Å². The Hall–Kier alpha value is -2.94. The molecule has 0 aliphatic carbocycles. The van der Waals surface area contributed by atoms with Crippen LogP contribution in [0.15, 0.2) is 30.3 Å². The third-order valence-corrected chi connectivity index (χ3v) is 4.19. The van der Waals surface area contributed by atoms with Crippen LogP contribution in [0.2, 0.25) is 0 Å². The number of carbonyl (C=O) groups is 4. The summed E-state index contributed by atoms with van der Waals surface area (Å²) in [6.45, 7) is 3.08. The summed E-state index contributed by atoms with van der Waals surface area (Å²) in [5, 5.41) is 20.1. The van der Waals surface area contributed by atoms with E-state index in [1.165, 1.54) is 0 Å². The predicted molar refractivity (Wildman–Crippen MR) is 91.2 cm³/mol. The fourth-order valence-electron chi connectivity index (χ4n) is 3.04. The standard InChI is InChI=1S/C18H22N2O7/c1-12(2)10-18(16(23)24,19-14(21)8-9-15(19)22)20(26)17(25)27-11-13-6-4-3-5-7-13/h3-7,12,26H,8-11H2,1-2H3,(H,23,24)/t18-/m0/s1. The average Bonchev–Trinajstić information content (AvgIpc) is 2.96. The minimum atomic E-state index is -2.56. The van der Waals surface area contributed by atoms with E-state index in [0.717, 1.165) is 0 Å². The Labute approximate surface area is 156 Å². The number of rotatable bonds is 7. The normalized spacial score (nSPS) is 16.4. The van der Waals surface area contributed by atoms with Crippen molar-refractivity contribution in [2.24, 2.45) is 5.92 Å². The second-order valence-corrected chi connectivity index (χ2v) is 6.69. The first-order valence-electron chi connectivity index (χ1n) is 8.49. The molecular weight excluding hydrogens is 356 g/mol. The quantitative estimate of drug-likeness (QED) is 0.422. The van der Waals surface area contributed by atoms with Crippen LogP contribution in [0.3, 0.4) is 0 Å². The number of hydrogen-bond donors (Lipinski definition) is 2. The molecule has 1 fully saturated rings. The van der Waals surface area contributed by atoms with Crippen molar-refractivity contribution in [2.45, 2.75) is 45.4 Å². The number of ether oxygens (including phenoxy) is 1. The molecule has 0 radical (unpaired) electrons. The number of aliphatic carboxylic acids is 1. The van der Waals surface area contributed by atoms with Crippen molar-refractivity contribution in [2.75, 3.05) is 0 Å². The van der Waals surface area contributed by atoms with Crippen LogP contribution in [0, 0.1) is 5.92 Å². The zero-order chi connectivity index (χ0) is 20.2. The Bertz CT molecular complexity index is 718. The zero-order valence-corrected chi connectivity index (χ0v) is 15.1. The van der Waals surface area contributed by atoms with Gasteiger partial charge in [0.15, 0.2) is 0 Å². The maximum Gasteiger partial charge on any atom is 0.436 e. The summed E-state index contributed by atoms with van der Waals surface area (Å²) in [5.74, 6) is -3.59. The summed E-state index contributed by atoms with van der Waals surface area (Å²) in [4.78, 5) is 49.3. The van der Waals surface area contributed by atoms with E-state index in [-0.39, 0.29) is 36.9 Å². The molecule has 0 saturated carbocycles. The Morgan fingerprint density at radius 3 is 2.22 bits per heavy atom. The lowest BCUT2D eigenvalue weighted by Gasteiger charge is -2.41. The fraction of sp³-hybridized carbons (Fsp3) is 0.444. The van der Waals surface area contributed by atoms with Gasteiger partial charge >= 0.3 is 12.1 Å². The topological polar surface area (TPSA) is 124 Å². The summed E-state index contributed by atoms with van der Waals surface area (Å²) in [5.41, 5.74) is -1.94. The highest BCUT2D eigenvalue weighted by atomic mass is 16.6. The van der Waals surface area contributed by atoms with Crippen LogP contribution in [-0.2, 0) is 25.7 Å². The summed E-state index contributed by atoms with van der Waals surface area (Å²) in [7, 11) is 0. The van der Waals surface area contributed by atoms with Crippen molar-refractivity contribution in [3.05, 3.63) is 35.9 Å². The van der Waals surface area contributed by atoms with Crippen LogP contribution in [-0.4, -0.2) is 49.8 Å². The molecular formula is C18H22N2O7. The molecule has 2 rings (SSSR count). The van der Waals surface area contributed by atoms with Gasteiger partial charge < -0.3 is 9.84 Å². The smallest absolute Gasteiger partial charge is 0.436 e. The first-order valence-corrected chi connectivity index (χ1v) is 8.49. The largest absolute Gasteiger partial charge is 0.478 e. The Kier molecular flexibility index (Phi) is 6.17. The first-order chi connectivity index (χ1) is 12.7. The molecule has 1 aliphatic rings. The van der Waals surface area contributed by atoms with Crippen LogP contribution < -0.4 is 0 Å². The Morgan fingerprint density at radius 2 is 1.74 bits per heavy atom. The molecule has 3 amide bonds. The SMILES string of the molecule is CC(C)C[C@@](C(=O)O)(N(O)C(=O)OCc1ccccc1)N1C(=O)CCC1=O. The van der Waals surface area contributed by atoms with E-state index < -0.39 is 29.5 Å². The Morgan fingerprint density at radius 1 is 1.19 bits per heavy atom. The number of hydroxylamine groups is 2. The molecule has 9 nitrogen and oxygen atoms in total. The van der Waals surface area contributed by atoms with Crippen molar-refractivity contribution in [1.29, 1.82) is 0 Å². The minimum Gasteiger partial charge on any atom is -0.478 e. The van der Waals surface area contributed by atoms with Gasteiger partial charge in [-0.25, -0.2) is 14.5 Å². The molecule has 0 spiro atoms. The molecule has 146 valence electrons. The number of amides is 3. The van der Waals surface area contributed by atoms with Crippen molar-refractivity contribution in [3.63, 3.8) is 0 Å². The van der Waals surface area contributed by atoms with Gasteiger partial charge in [0.05, 0.1) is 0 Å². The van der Waals surface area contributed by atoms with Gasteiger partial charge in [0.1, 0.15) is 6.61 Å². The number of benzene rings is 1. The minimum absolute atomic E-state index is 0.153. The maximum atomic E-state index is 12.4. The molecule has 1 heterocycles. The lowest BCUT2D eigenvalue weighted by Crippen LogP contribution is -2.68. The van der Waals surface area contributed by atoms with Crippen molar-refractivity contribution in [1.82, 2.24) is 9.96 Å². The number of imide groups is 1. The molecule has 0 aromatic heterocycles. The molecule has 1 aromatic carbocycles. The summed E-state index contributed by atoms with van der Waals surface area (Å²) < 4.78 is 4.98. The summed E-state index contributed by atoms with van der Waals surface area (Å²) in [6, 6.07) is 8.58. The molecule has 9 heteroatoms. The van der Waals surface area contributed by atoms with Crippen molar-refractivity contribution in [3.8, 4) is 0 Å². The molecule has 0 unspecified atom stereocenters. The molecule has 1 atom stereocenters. The van der Waals surface area contributed by atoms with Gasteiger partial charge in [0.2, 0.25) is 11.8 Å². The lowest BCUT2D eigenvalue weighted by molar-refractivity contribution is -0.222. The number of carbonyl (C=O) groups excluding carboxylic acids is 3. The van der Waals surface area contributed by atoms with Gasteiger partial charge in [-0.15, -0.1) is 0 Å². The molecule has 1 saturated heterocycles. The van der Waals surface area contributed by atoms with Gasteiger partial charge in [-0.2, -0.15) is 5.06 Å². The molecule has 1 aliphatic heterocycles. The van der Waals surface area contributed by atoms with Crippen LogP contribution in [0.5, 0.6) is 0 Å². The molecule has 1 aromatic rings. The number of carboxylic acid groups (broad SMARTS) is 1. The van der Waals surface area contributed by atoms with E-state index in [9.17, 15) is 29.5 Å². The van der Waals surface area contributed by atoms with Gasteiger partial charge in [0.25, 0.3) is 5.66 Å². The van der Waals surface area contributed by atoms with E-state index in [1.54, 1.807) is 44.2 Å². The number of nitrogens with zero attached hydrogens (tertiary/aromatic N) is 2. The van der Waals surface area contributed by atoms with Gasteiger partial charge in [-0.05, 0) is 11.5 Å². The third kappa shape index (κ3) is 4.08. The predicted octanol–water partition coefficient (Wildman–Crippen LogP) is 1.99. The van der Waals surface area contributed by atoms with E-state index in [2.05, 4.69) is 0 Å². The lowest BCUT2D eigenvalue weighted by atomic mass is 9.95. The molecule has 27 heavy (non-hydrogen) atoms. The Balaban J connectivity index is 2.33. The van der Waals surface area contributed by atoms with Crippen molar-refractivity contribution < 1.29 is 34.2 Å². The van der Waals surface area contributed by atoms with E-state index in [0.29, 0.717) is 10.5 Å². The highest BCUT2D eigenvalue weighted by molar-refractivity contribution is 6.06. The highest BCUT2D eigenvalue weighted by Crippen LogP contribution is 2.33. The molecule has 2 N–H and O–H groups in total. The van der Waals surface area contributed by atoms with E-state index in [4.69, 9.17) is 4.74 Å². The fourth-order valence-corrected chi connectivity index (χ4v) is 3.04. The van der Waals surface area contributed by atoms with Gasteiger partial charge in [-0.1, -0.05) is 44.2 Å². The number of hydrogen-bond acceptors (Lipinski definition) is 6. The van der Waals surface area contributed by atoms with Gasteiger partial charge in [0, 0.05) is 19.3 Å². The van der Waals surface area contributed by atoms with E-state index >= 15 is 0 Å². The third-order valence-electron chi connectivity index (χ3n) is 4.19. The van der Waals surface area contributed by atoms with Crippen LogP contribution in [0.25, 0.3) is 0 Å². The average molecular weight is 378 g/mol. The number of likely N-dealkylation sites (tertiary alicyclic amines) is 1. The van der Waals surface area contributed by atoms with Gasteiger partial charge in [-0.3, -0.25) is 14.8 Å². The van der Waals surface area contributed by atoms with Crippen molar-refractivity contribution >= 4 is 23.9 Å². The van der Waals surface area contributed by atoms with Crippen LogP contribution in [0.1, 0.15) is 38.7 Å². The number of carboxylic acids is 1. The first kappa shape index (κ1) is 20.4. The van der Waals surface area contributed by atoms with Crippen LogP contribution in [0.4, 0.5) is 4.79 Å². The van der Waals surface area contributed by atoms with E-state index in [1.807, 2.05) is 0 Å². The zero-order valence-electron chi connectivity index (χ0n) is 15.1. The highest BCUT2D eigenvalue weighted by Gasteiger charge is 2.58. The summed E-state index contributed by atoms with van der Waals surface area (Å²) in [6.07, 6.45) is -2.08. The second kappa shape index (κ2) is 8.17. The second-order valence-electron chi connectivity index (χ2n) is 6.69. The molecule has 0 bridgehead atoms. The summed E-state index contributed by atoms with van der Waals surface area (Å²) >= 11 is 0. The monoisotopic (exact) mass is 378 g/mol.